The summed E-state index contributed by atoms with van der Waals surface area (Å²) in [5.74, 6) is -0.423. The molecule has 3 aromatic heterocycles. The second-order valence-electron chi connectivity index (χ2n) is 3.75. The molecule has 0 saturated heterocycles. The van der Waals surface area contributed by atoms with Crippen LogP contribution in [0.2, 0.25) is 0 Å². The van der Waals surface area contributed by atoms with Crippen molar-refractivity contribution in [3.8, 4) is 0 Å². The Morgan fingerprint density at radius 2 is 2.40 bits per heavy atom. The molecule has 0 spiro atoms. The maximum Gasteiger partial charge on any atom is 0.327 e. The Bertz CT molecular complexity index is 753. The number of nitrogens with zero attached hydrogens (tertiary/aromatic N) is 5. The third-order valence-electron chi connectivity index (χ3n) is 2.54. The summed E-state index contributed by atoms with van der Waals surface area (Å²) in [6.45, 7) is -0.0484. The Morgan fingerprint density at radius 1 is 1.50 bits per heavy atom. The van der Waals surface area contributed by atoms with Crippen molar-refractivity contribution < 1.29 is 13.9 Å². The summed E-state index contributed by atoms with van der Waals surface area (Å²) in [6, 6.07) is 3.59. The van der Waals surface area contributed by atoms with Crippen LogP contribution in [0, 0.1) is 0 Å². The van der Waals surface area contributed by atoms with Crippen LogP contribution in [-0.4, -0.2) is 38.3 Å². The van der Waals surface area contributed by atoms with E-state index in [1.807, 2.05) is 6.07 Å². The minimum absolute atomic E-state index is 0.0484. The van der Waals surface area contributed by atoms with E-state index in [4.69, 9.17) is 4.42 Å². The maximum absolute atomic E-state index is 11.3. The molecule has 20 heavy (non-hydrogen) atoms. The molecule has 0 fully saturated rings. The molecule has 3 aromatic rings. The highest BCUT2D eigenvalue weighted by molar-refractivity contribution is 7.99. The van der Waals surface area contributed by atoms with Crippen LogP contribution in [0.1, 0.15) is 0 Å². The lowest BCUT2D eigenvalue weighted by atomic mass is 10.3. The molecule has 0 aliphatic carbocycles. The Labute approximate surface area is 117 Å². The second kappa shape index (κ2) is 5.29. The number of carbonyl (C=O) groups excluding carboxylic acids is 1. The number of fused-ring (bicyclic) bond motifs is 1. The van der Waals surface area contributed by atoms with Crippen molar-refractivity contribution in [2.75, 3.05) is 7.11 Å². The van der Waals surface area contributed by atoms with E-state index in [1.54, 1.807) is 18.5 Å². The minimum atomic E-state index is -0.423. The first kappa shape index (κ1) is 12.6. The van der Waals surface area contributed by atoms with Gasteiger partial charge in [0.25, 0.3) is 0 Å². The standard InChI is InChI=1S/C11H9N5O3S/c1-18-9(17)6-16-11(13-14-15-16)20-10-7-3-5-19-8(7)2-4-12-10/h2-5H,6H2,1H3. The smallest absolute Gasteiger partial charge is 0.327 e. The molecule has 0 radical (unpaired) electrons. The van der Waals surface area contributed by atoms with Gasteiger partial charge in [-0.3, -0.25) is 4.79 Å². The molecule has 0 aromatic carbocycles. The number of aromatic nitrogens is 5. The molecule has 0 N–H and O–H groups in total. The highest BCUT2D eigenvalue weighted by Gasteiger charge is 2.14. The molecule has 0 aliphatic heterocycles. The zero-order valence-corrected chi connectivity index (χ0v) is 11.2. The Kier molecular flexibility index (Phi) is 3.33. The fraction of sp³-hybridized carbons (Fsp3) is 0.182. The molecule has 3 heterocycles. The lowest BCUT2D eigenvalue weighted by Gasteiger charge is -2.03. The van der Waals surface area contributed by atoms with Crippen LogP contribution in [0.15, 0.2) is 39.2 Å². The average Bonchev–Trinajstić information content (AvgIpc) is 3.09. The van der Waals surface area contributed by atoms with Crippen molar-refractivity contribution in [2.45, 2.75) is 16.7 Å². The highest BCUT2D eigenvalue weighted by atomic mass is 32.2. The van der Waals surface area contributed by atoms with Gasteiger partial charge in [-0.25, -0.2) is 9.67 Å². The van der Waals surface area contributed by atoms with Gasteiger partial charge in [0, 0.05) is 6.20 Å². The molecule has 0 unspecified atom stereocenters. The van der Waals surface area contributed by atoms with Gasteiger partial charge in [0.1, 0.15) is 17.2 Å². The molecular weight excluding hydrogens is 282 g/mol. The van der Waals surface area contributed by atoms with Crippen LogP contribution in [0.4, 0.5) is 0 Å². The molecule has 9 heteroatoms. The number of pyridine rings is 1. The van der Waals surface area contributed by atoms with Crippen LogP contribution in [0.3, 0.4) is 0 Å². The molecule has 0 amide bonds. The van der Waals surface area contributed by atoms with Gasteiger partial charge >= 0.3 is 5.97 Å². The van der Waals surface area contributed by atoms with Gasteiger partial charge in [0.05, 0.1) is 18.8 Å². The van der Waals surface area contributed by atoms with Crippen LogP contribution >= 0.6 is 11.8 Å². The van der Waals surface area contributed by atoms with Gasteiger partial charge in [0.15, 0.2) is 0 Å². The number of carbonyl (C=O) groups is 1. The summed E-state index contributed by atoms with van der Waals surface area (Å²) in [5.41, 5.74) is 0.731. The lowest BCUT2D eigenvalue weighted by molar-refractivity contribution is -0.141. The fourth-order valence-corrected chi connectivity index (χ4v) is 2.44. The number of tetrazole rings is 1. The van der Waals surface area contributed by atoms with E-state index in [-0.39, 0.29) is 6.54 Å². The number of ether oxygens (including phenoxy) is 1. The first-order valence-corrected chi connectivity index (χ1v) is 6.42. The van der Waals surface area contributed by atoms with Crippen molar-refractivity contribution in [1.82, 2.24) is 25.2 Å². The van der Waals surface area contributed by atoms with Crippen LogP contribution in [-0.2, 0) is 16.1 Å². The van der Waals surface area contributed by atoms with Crippen molar-refractivity contribution in [3.05, 3.63) is 24.6 Å². The number of esters is 1. The molecular formula is C11H9N5O3S. The largest absolute Gasteiger partial charge is 0.468 e. The van der Waals surface area contributed by atoms with Gasteiger partial charge in [0.2, 0.25) is 5.16 Å². The van der Waals surface area contributed by atoms with E-state index >= 15 is 0 Å². The van der Waals surface area contributed by atoms with Gasteiger partial charge in [-0.05, 0) is 34.3 Å². The highest BCUT2D eigenvalue weighted by Crippen LogP contribution is 2.30. The van der Waals surface area contributed by atoms with Gasteiger partial charge < -0.3 is 9.15 Å². The van der Waals surface area contributed by atoms with Crippen LogP contribution in [0.25, 0.3) is 11.0 Å². The van der Waals surface area contributed by atoms with E-state index in [9.17, 15) is 4.79 Å². The summed E-state index contributed by atoms with van der Waals surface area (Å²) >= 11 is 1.26. The maximum atomic E-state index is 11.3. The molecule has 0 aliphatic rings. The number of hydrogen-bond donors (Lipinski definition) is 0. The Morgan fingerprint density at radius 3 is 3.25 bits per heavy atom. The van der Waals surface area contributed by atoms with E-state index in [0.29, 0.717) is 10.2 Å². The summed E-state index contributed by atoms with van der Waals surface area (Å²) in [7, 11) is 1.31. The fourth-order valence-electron chi connectivity index (χ4n) is 1.59. The van der Waals surface area contributed by atoms with E-state index in [1.165, 1.54) is 23.6 Å². The zero-order chi connectivity index (χ0) is 13.9. The van der Waals surface area contributed by atoms with E-state index in [0.717, 1.165) is 11.0 Å². The molecule has 102 valence electrons. The number of methoxy groups -OCH3 is 1. The van der Waals surface area contributed by atoms with E-state index < -0.39 is 5.97 Å². The number of hydrogen-bond acceptors (Lipinski definition) is 8. The predicted molar refractivity (Wildman–Crippen MR) is 68.0 cm³/mol. The van der Waals surface area contributed by atoms with E-state index in [2.05, 4.69) is 25.2 Å². The third kappa shape index (κ3) is 2.35. The summed E-state index contributed by atoms with van der Waals surface area (Å²) < 4.78 is 11.3. The second-order valence-corrected chi connectivity index (χ2v) is 4.70. The normalized spacial score (nSPS) is 10.8. The topological polar surface area (TPSA) is 95.9 Å². The minimum Gasteiger partial charge on any atom is -0.468 e. The number of furan rings is 1. The van der Waals surface area contributed by atoms with Gasteiger partial charge in [-0.15, -0.1) is 5.10 Å². The first-order chi connectivity index (χ1) is 9.78. The average molecular weight is 291 g/mol. The molecule has 3 rings (SSSR count). The molecule has 8 nitrogen and oxygen atoms in total. The molecule has 0 atom stereocenters. The lowest BCUT2D eigenvalue weighted by Crippen LogP contribution is -2.13. The Balaban J connectivity index is 1.90. The van der Waals surface area contributed by atoms with Crippen molar-refractivity contribution in [3.63, 3.8) is 0 Å². The molecule has 0 bridgehead atoms. The Hall–Kier alpha value is -2.42. The summed E-state index contributed by atoms with van der Waals surface area (Å²) in [4.78, 5) is 15.5. The zero-order valence-electron chi connectivity index (χ0n) is 10.4. The monoisotopic (exact) mass is 291 g/mol. The predicted octanol–water partition coefficient (Wildman–Crippen LogP) is 1.14. The van der Waals surface area contributed by atoms with Crippen LogP contribution in [0.5, 0.6) is 0 Å². The summed E-state index contributed by atoms with van der Waals surface area (Å²) in [5, 5.41) is 13.2. The molecule has 0 saturated carbocycles. The van der Waals surface area contributed by atoms with Crippen LogP contribution < -0.4 is 0 Å². The first-order valence-electron chi connectivity index (χ1n) is 5.61. The summed E-state index contributed by atoms with van der Waals surface area (Å²) in [6.07, 6.45) is 3.23. The third-order valence-corrected chi connectivity index (χ3v) is 3.53. The quantitative estimate of drug-likeness (QED) is 0.660. The van der Waals surface area contributed by atoms with Gasteiger partial charge in [-0.2, -0.15) is 0 Å². The van der Waals surface area contributed by atoms with Crippen molar-refractivity contribution >= 4 is 28.7 Å². The SMILES string of the molecule is COC(=O)Cn1nnnc1Sc1nccc2occc12. The van der Waals surface area contributed by atoms with Crippen molar-refractivity contribution in [1.29, 1.82) is 0 Å². The number of rotatable bonds is 4. The van der Waals surface area contributed by atoms with Crippen molar-refractivity contribution in [2.24, 2.45) is 0 Å². The van der Waals surface area contributed by atoms with Gasteiger partial charge in [-0.1, -0.05) is 0 Å².